The van der Waals surface area contributed by atoms with E-state index in [-0.39, 0.29) is 17.7 Å². The highest BCUT2D eigenvalue weighted by Gasteiger charge is 2.64. The molecule has 1 aromatic heterocycles. The van der Waals surface area contributed by atoms with Crippen LogP contribution in [0.5, 0.6) is 0 Å². The molecule has 3 nitrogen and oxygen atoms in total. The molecule has 5 heteroatoms. The fourth-order valence-corrected chi connectivity index (χ4v) is 5.08. The fraction of sp³-hybridized carbons (Fsp3) is 0.308. The molecule has 0 saturated heterocycles. The molecule has 0 spiro atoms. The molecule has 4 rings (SSSR count). The molecule has 1 saturated carbocycles. The Morgan fingerprint density at radius 2 is 1.81 bits per heavy atom. The Morgan fingerprint density at radius 1 is 1.10 bits per heavy atom. The van der Waals surface area contributed by atoms with Crippen molar-refractivity contribution in [2.75, 3.05) is 5.32 Å². The molecule has 1 amide bonds. The van der Waals surface area contributed by atoms with Crippen LogP contribution in [-0.4, -0.2) is 15.8 Å². The number of pyridine rings is 1. The maximum atomic E-state index is 13.1. The minimum absolute atomic E-state index is 0.00896. The van der Waals surface area contributed by atoms with Gasteiger partial charge in [-0.3, -0.25) is 9.78 Å². The van der Waals surface area contributed by atoms with E-state index in [2.05, 4.69) is 49.3 Å². The fourth-order valence-electron chi connectivity index (χ4n) is 4.44. The molecule has 1 fully saturated rings. The van der Waals surface area contributed by atoms with Crippen LogP contribution >= 0.6 is 23.2 Å². The number of carbonyl (C=O) groups excluding carboxylic acids is 1. The van der Waals surface area contributed by atoms with Gasteiger partial charge in [-0.2, -0.15) is 0 Å². The number of hydrogen-bond acceptors (Lipinski definition) is 2. The molecule has 1 heterocycles. The highest BCUT2D eigenvalue weighted by Crippen LogP contribution is 2.62. The van der Waals surface area contributed by atoms with Crippen molar-refractivity contribution in [2.45, 2.75) is 44.9 Å². The maximum Gasteiger partial charge on any atom is 0.229 e. The first-order valence-corrected chi connectivity index (χ1v) is 11.3. The molecule has 3 atom stereocenters. The molecule has 0 bridgehead atoms. The summed E-state index contributed by atoms with van der Waals surface area (Å²) < 4.78 is 0. The molecule has 0 aliphatic heterocycles. The average Bonchev–Trinajstić information content (AvgIpc) is 3.31. The van der Waals surface area contributed by atoms with Gasteiger partial charge in [0.25, 0.3) is 0 Å². The number of nitrogens with zero attached hydrogens (tertiary/aromatic N) is 1. The Hall–Kier alpha value is -2.36. The zero-order valence-corrected chi connectivity index (χ0v) is 19.7. The first-order valence-electron chi connectivity index (χ1n) is 10.5. The molecule has 0 radical (unpaired) electrons. The van der Waals surface area contributed by atoms with Gasteiger partial charge in [-0.1, -0.05) is 53.9 Å². The number of amides is 1. The normalized spacial score (nSPS) is 22.3. The van der Waals surface area contributed by atoms with Gasteiger partial charge in [0, 0.05) is 39.6 Å². The summed E-state index contributed by atoms with van der Waals surface area (Å²) in [6, 6.07) is 15.9. The molecule has 160 valence electrons. The second-order valence-electron chi connectivity index (χ2n) is 8.60. The lowest BCUT2D eigenvalue weighted by Crippen LogP contribution is -2.17. The molecular weight excluding hydrogens is 427 g/mol. The number of aromatic nitrogens is 1. The first-order chi connectivity index (χ1) is 14.7. The minimum atomic E-state index is -0.598. The summed E-state index contributed by atoms with van der Waals surface area (Å²) in [4.78, 5) is 17.0. The van der Waals surface area contributed by atoms with Crippen LogP contribution in [0.2, 0.25) is 5.02 Å². The van der Waals surface area contributed by atoms with Crippen molar-refractivity contribution in [2.24, 2.45) is 5.92 Å². The summed E-state index contributed by atoms with van der Waals surface area (Å²) in [6.45, 7) is 8.14. The third kappa shape index (κ3) is 4.35. The van der Waals surface area contributed by atoms with Gasteiger partial charge >= 0.3 is 0 Å². The highest BCUT2D eigenvalue weighted by molar-refractivity contribution is 6.33. The number of carbonyl (C=O) groups is 1. The van der Waals surface area contributed by atoms with Crippen LogP contribution in [0.3, 0.4) is 0 Å². The van der Waals surface area contributed by atoms with E-state index in [1.807, 2.05) is 37.4 Å². The van der Waals surface area contributed by atoms with Crippen molar-refractivity contribution in [1.29, 1.82) is 0 Å². The number of nitrogens with one attached hydrogen (secondary N) is 1. The average molecular weight is 453 g/mol. The van der Waals surface area contributed by atoms with E-state index >= 15 is 0 Å². The van der Waals surface area contributed by atoms with E-state index in [0.29, 0.717) is 10.7 Å². The molecular formula is C26H26Cl2N2O. The van der Waals surface area contributed by atoms with Crippen molar-refractivity contribution >= 4 is 34.8 Å². The minimum Gasteiger partial charge on any atom is -0.326 e. The second-order valence-corrected chi connectivity index (χ2v) is 9.82. The zero-order chi connectivity index (χ0) is 22.3. The summed E-state index contributed by atoms with van der Waals surface area (Å²) in [5, 5.41) is 3.66. The second kappa shape index (κ2) is 8.29. The topological polar surface area (TPSA) is 42.0 Å². The monoisotopic (exact) mass is 452 g/mol. The van der Waals surface area contributed by atoms with E-state index in [9.17, 15) is 4.79 Å². The molecule has 1 N–H and O–H groups in total. The first kappa shape index (κ1) is 21.9. The van der Waals surface area contributed by atoms with E-state index in [4.69, 9.17) is 23.2 Å². The van der Waals surface area contributed by atoms with Crippen molar-refractivity contribution in [3.8, 4) is 11.1 Å². The molecule has 3 aromatic rings. The van der Waals surface area contributed by atoms with Gasteiger partial charge in [-0.15, -0.1) is 11.6 Å². The van der Waals surface area contributed by atoms with Gasteiger partial charge in [0.2, 0.25) is 5.91 Å². The quantitative estimate of drug-likeness (QED) is 0.426. The Labute approximate surface area is 193 Å². The van der Waals surface area contributed by atoms with Crippen LogP contribution in [0.25, 0.3) is 11.1 Å². The van der Waals surface area contributed by atoms with Crippen LogP contribution in [0.4, 0.5) is 5.69 Å². The zero-order valence-electron chi connectivity index (χ0n) is 18.2. The summed E-state index contributed by atoms with van der Waals surface area (Å²) in [5.41, 5.74) is 6.95. The number of anilines is 1. The van der Waals surface area contributed by atoms with Gasteiger partial charge in [-0.25, -0.2) is 0 Å². The van der Waals surface area contributed by atoms with Gasteiger partial charge < -0.3 is 5.32 Å². The summed E-state index contributed by atoms with van der Waals surface area (Å²) in [5.74, 6) is -0.375. The van der Waals surface area contributed by atoms with E-state index < -0.39 is 4.87 Å². The standard InChI is InChI=1S/C26H26Cl2N2O/c1-5-19-7-6-17(14-29-19)21-13-20(8-9-22(21)27)30-25(31)24-23(26(24,4)28)18-11-15(2)10-16(3)12-18/h6-14,23-24H,5H2,1-4H3,(H,30,31). The van der Waals surface area contributed by atoms with Crippen LogP contribution < -0.4 is 5.32 Å². The number of rotatable bonds is 5. The lowest BCUT2D eigenvalue weighted by atomic mass is 10.0. The number of hydrogen-bond donors (Lipinski definition) is 1. The van der Waals surface area contributed by atoms with Crippen LogP contribution in [-0.2, 0) is 11.2 Å². The SMILES string of the molecule is CCc1ccc(-c2cc(NC(=O)C3C(c4cc(C)cc(C)c4)C3(C)Cl)ccc2Cl)cn1. The van der Waals surface area contributed by atoms with Crippen molar-refractivity contribution in [3.05, 3.63) is 82.1 Å². The molecule has 1 aliphatic carbocycles. The Kier molecular flexibility index (Phi) is 5.85. The van der Waals surface area contributed by atoms with Crippen LogP contribution in [0, 0.1) is 19.8 Å². The third-order valence-corrected chi connectivity index (χ3v) is 6.86. The molecule has 2 aromatic carbocycles. The largest absolute Gasteiger partial charge is 0.326 e. The van der Waals surface area contributed by atoms with Gasteiger partial charge in [0.1, 0.15) is 0 Å². The molecule has 1 aliphatic rings. The summed E-state index contributed by atoms with van der Waals surface area (Å²) in [6.07, 6.45) is 2.70. The number of benzene rings is 2. The van der Waals surface area contributed by atoms with Gasteiger partial charge in [0.05, 0.1) is 10.8 Å². The molecule has 31 heavy (non-hydrogen) atoms. The van der Waals surface area contributed by atoms with Gasteiger partial charge in [-0.05, 0) is 57.0 Å². The highest BCUT2D eigenvalue weighted by atomic mass is 35.5. The van der Waals surface area contributed by atoms with Gasteiger partial charge in [0.15, 0.2) is 0 Å². The number of alkyl halides is 1. The summed E-state index contributed by atoms with van der Waals surface area (Å²) in [7, 11) is 0. The Bertz CT molecular complexity index is 1120. The lowest BCUT2D eigenvalue weighted by Gasteiger charge is -2.10. The van der Waals surface area contributed by atoms with Crippen molar-refractivity contribution in [3.63, 3.8) is 0 Å². The third-order valence-electron chi connectivity index (χ3n) is 6.06. The number of halogens is 2. The number of aryl methyl sites for hydroxylation is 3. The lowest BCUT2D eigenvalue weighted by molar-refractivity contribution is -0.117. The van der Waals surface area contributed by atoms with E-state index in [1.165, 1.54) is 11.1 Å². The smallest absolute Gasteiger partial charge is 0.229 e. The van der Waals surface area contributed by atoms with Crippen LogP contribution in [0.15, 0.2) is 54.7 Å². The maximum absolute atomic E-state index is 13.1. The van der Waals surface area contributed by atoms with E-state index in [1.54, 1.807) is 6.07 Å². The van der Waals surface area contributed by atoms with Crippen molar-refractivity contribution in [1.82, 2.24) is 4.98 Å². The Morgan fingerprint density at radius 3 is 2.42 bits per heavy atom. The van der Waals surface area contributed by atoms with Crippen molar-refractivity contribution < 1.29 is 4.79 Å². The Balaban J connectivity index is 1.56. The van der Waals surface area contributed by atoms with E-state index in [0.717, 1.165) is 28.8 Å². The van der Waals surface area contributed by atoms with Crippen LogP contribution in [0.1, 0.15) is 42.1 Å². The predicted molar refractivity (Wildman–Crippen MR) is 129 cm³/mol. The summed E-state index contributed by atoms with van der Waals surface area (Å²) >= 11 is 13.2. The molecule has 3 unspecified atom stereocenters. The predicted octanol–water partition coefficient (Wildman–Crippen LogP) is 6.93.